The van der Waals surface area contributed by atoms with Crippen LogP contribution in [0.3, 0.4) is 0 Å². The first-order valence-corrected chi connectivity index (χ1v) is 14.4. The smallest absolute Gasteiger partial charge is 0.335 e. The van der Waals surface area contributed by atoms with Crippen molar-refractivity contribution < 1.29 is 38.6 Å². The quantitative estimate of drug-likeness (QED) is 0.332. The number of aromatic hydroxyl groups is 1. The summed E-state index contributed by atoms with van der Waals surface area (Å²) in [5.41, 5.74) is -0.253. The Kier molecular flexibility index (Phi) is 6.11. The lowest BCUT2D eigenvalue weighted by molar-refractivity contribution is -0.131. The molecule has 2 aliphatic heterocycles. The van der Waals surface area contributed by atoms with E-state index in [0.717, 1.165) is 15.9 Å². The average molecular weight is 595 g/mol. The minimum atomic E-state index is -1.42. The summed E-state index contributed by atoms with van der Waals surface area (Å²) in [6.07, 6.45) is 2.04. The molecular weight excluding hydrogens is 567 g/mol. The second-order valence-corrected chi connectivity index (χ2v) is 12.0. The molecule has 6 atom stereocenters. The number of phenols is 1. The molecule has 0 spiro atoms. The largest absolute Gasteiger partial charge is 0.505 e. The number of anilines is 2. The van der Waals surface area contributed by atoms with E-state index in [1.165, 1.54) is 36.4 Å². The molecule has 0 aromatic heterocycles. The summed E-state index contributed by atoms with van der Waals surface area (Å²) in [7, 11) is 0. The molecule has 44 heavy (non-hydrogen) atoms. The van der Waals surface area contributed by atoms with Crippen LogP contribution in [0.1, 0.15) is 41.6 Å². The van der Waals surface area contributed by atoms with E-state index in [1.807, 2.05) is 0 Å². The van der Waals surface area contributed by atoms with Gasteiger partial charge < -0.3 is 10.2 Å². The zero-order chi connectivity index (χ0) is 31.1. The maximum absolute atomic E-state index is 14.8. The number of benzene rings is 3. The predicted octanol–water partition coefficient (Wildman–Crippen LogP) is 4.66. The van der Waals surface area contributed by atoms with E-state index in [1.54, 1.807) is 43.3 Å². The molecule has 7 rings (SSSR count). The molecule has 4 amide bonds. The Balaban J connectivity index is 1.37. The molecule has 10 heteroatoms. The monoisotopic (exact) mass is 594 g/mol. The number of nitrogens with zero attached hydrogens (tertiary/aromatic N) is 2. The third kappa shape index (κ3) is 3.66. The van der Waals surface area contributed by atoms with Gasteiger partial charge in [0.2, 0.25) is 23.6 Å². The number of hydrogen-bond donors (Lipinski definition) is 2. The van der Waals surface area contributed by atoms with E-state index >= 15 is 0 Å². The number of halogens is 1. The number of hydrogen-bond acceptors (Lipinski definition) is 6. The van der Waals surface area contributed by atoms with Crippen molar-refractivity contribution in [3.63, 3.8) is 0 Å². The van der Waals surface area contributed by atoms with Gasteiger partial charge in [0, 0.05) is 11.5 Å². The summed E-state index contributed by atoms with van der Waals surface area (Å²) >= 11 is 0. The van der Waals surface area contributed by atoms with Crippen molar-refractivity contribution in [2.75, 3.05) is 9.80 Å². The van der Waals surface area contributed by atoms with Gasteiger partial charge in [-0.1, -0.05) is 48.0 Å². The molecule has 4 aliphatic rings. The van der Waals surface area contributed by atoms with Crippen LogP contribution in [-0.4, -0.2) is 39.8 Å². The second kappa shape index (κ2) is 9.70. The van der Waals surface area contributed by atoms with Crippen LogP contribution < -0.4 is 9.80 Å². The van der Waals surface area contributed by atoms with E-state index in [2.05, 4.69) is 0 Å². The number of rotatable bonds is 4. The van der Waals surface area contributed by atoms with Crippen molar-refractivity contribution in [3.8, 4) is 5.75 Å². The molecule has 9 nitrogen and oxygen atoms in total. The first-order valence-electron chi connectivity index (χ1n) is 14.4. The first-order chi connectivity index (χ1) is 21.1. The molecule has 3 aromatic rings. The fraction of sp³-hybridized carbons (Fsp3) is 0.265. The highest BCUT2D eigenvalue weighted by atomic mass is 19.1. The van der Waals surface area contributed by atoms with E-state index in [4.69, 9.17) is 0 Å². The number of carboxylic acids is 1. The standard InChI is InChI=1S/C34H27FN2O7/c1-34-24(30(40)37(33(34)44)18-8-3-2-4-9-18)16-23-20(27(34)22-11-6-12-25(35)28(22)38)13-14-21-26(23)31(41)36(29(21)39)19-10-5-7-17(15-19)32(42)43/h2-13,15,21,23-24,26-27,38H,14,16H2,1H3,(H,42,43). The third-order valence-electron chi connectivity index (χ3n) is 9.97. The second-order valence-electron chi connectivity index (χ2n) is 12.0. The van der Waals surface area contributed by atoms with Crippen LogP contribution in [0.5, 0.6) is 5.75 Å². The lowest BCUT2D eigenvalue weighted by atomic mass is 9.51. The van der Waals surface area contributed by atoms with Crippen LogP contribution in [0.2, 0.25) is 0 Å². The molecule has 3 fully saturated rings. The van der Waals surface area contributed by atoms with Crippen LogP contribution in [0.25, 0.3) is 0 Å². The van der Waals surface area contributed by atoms with Crippen molar-refractivity contribution >= 4 is 41.0 Å². The Hall–Kier alpha value is -5.12. The first kappa shape index (κ1) is 27.7. The molecule has 6 unspecified atom stereocenters. The van der Waals surface area contributed by atoms with Crippen molar-refractivity contribution in [1.29, 1.82) is 0 Å². The number of aromatic carboxylic acids is 1. The number of imide groups is 2. The fourth-order valence-corrected chi connectivity index (χ4v) is 7.98. The van der Waals surface area contributed by atoms with Gasteiger partial charge in [-0.05, 0) is 62.1 Å². The van der Waals surface area contributed by atoms with Crippen LogP contribution >= 0.6 is 0 Å². The maximum Gasteiger partial charge on any atom is 0.335 e. The number of carbonyl (C=O) groups excluding carboxylic acids is 4. The van der Waals surface area contributed by atoms with E-state index in [9.17, 15) is 38.6 Å². The number of para-hydroxylation sites is 2. The lowest BCUT2D eigenvalue weighted by Gasteiger charge is -2.49. The predicted molar refractivity (Wildman–Crippen MR) is 155 cm³/mol. The van der Waals surface area contributed by atoms with Crippen LogP contribution in [0, 0.1) is 34.9 Å². The van der Waals surface area contributed by atoms with E-state index in [0.29, 0.717) is 11.3 Å². The number of carboxylic acid groups (broad SMARTS) is 1. The van der Waals surface area contributed by atoms with Gasteiger partial charge in [0.15, 0.2) is 11.6 Å². The van der Waals surface area contributed by atoms with Gasteiger partial charge in [-0.3, -0.25) is 24.1 Å². The van der Waals surface area contributed by atoms with E-state index < -0.39 is 76.2 Å². The summed E-state index contributed by atoms with van der Waals surface area (Å²) < 4.78 is 14.8. The normalized spacial score (nSPS) is 29.3. The molecule has 2 aliphatic carbocycles. The molecular formula is C34H27FN2O7. The molecule has 3 aromatic carbocycles. The number of amides is 4. The highest BCUT2D eigenvalue weighted by Gasteiger charge is 2.68. The van der Waals surface area contributed by atoms with E-state index in [-0.39, 0.29) is 29.7 Å². The lowest BCUT2D eigenvalue weighted by Crippen LogP contribution is -2.49. The van der Waals surface area contributed by atoms with Crippen molar-refractivity contribution in [1.82, 2.24) is 0 Å². The van der Waals surface area contributed by atoms with Gasteiger partial charge in [-0.2, -0.15) is 0 Å². The summed E-state index contributed by atoms with van der Waals surface area (Å²) in [6, 6.07) is 18.1. The van der Waals surface area contributed by atoms with Crippen molar-refractivity contribution in [3.05, 3.63) is 101 Å². The highest BCUT2D eigenvalue weighted by molar-refractivity contribution is 6.25. The van der Waals surface area contributed by atoms with Crippen LogP contribution in [0.4, 0.5) is 15.8 Å². The van der Waals surface area contributed by atoms with Crippen LogP contribution in [0.15, 0.2) is 84.4 Å². The Bertz CT molecular complexity index is 1820. The molecule has 2 saturated heterocycles. The van der Waals surface area contributed by atoms with Gasteiger partial charge in [-0.25, -0.2) is 14.1 Å². The Labute approximate surface area is 251 Å². The molecule has 1 saturated carbocycles. The van der Waals surface area contributed by atoms with Crippen molar-refractivity contribution in [2.45, 2.75) is 25.7 Å². The summed E-state index contributed by atoms with van der Waals surface area (Å²) in [5, 5.41) is 20.4. The Morgan fingerprint density at radius 1 is 0.864 bits per heavy atom. The maximum atomic E-state index is 14.8. The zero-order valence-corrected chi connectivity index (χ0v) is 23.5. The van der Waals surface area contributed by atoms with Crippen molar-refractivity contribution in [2.24, 2.45) is 29.1 Å². The van der Waals surface area contributed by atoms with Gasteiger partial charge in [0.1, 0.15) is 0 Å². The van der Waals surface area contributed by atoms with Crippen LogP contribution in [-0.2, 0) is 19.2 Å². The topological polar surface area (TPSA) is 132 Å². The minimum absolute atomic E-state index is 0.0806. The number of phenolic OH excluding ortho intramolecular Hbond substituents is 1. The average Bonchev–Trinajstić information content (AvgIpc) is 3.38. The van der Waals surface area contributed by atoms with Gasteiger partial charge >= 0.3 is 5.97 Å². The Morgan fingerprint density at radius 3 is 2.30 bits per heavy atom. The molecule has 2 heterocycles. The summed E-state index contributed by atoms with van der Waals surface area (Å²) in [5.74, 6) is -8.91. The zero-order valence-electron chi connectivity index (χ0n) is 23.5. The summed E-state index contributed by atoms with van der Waals surface area (Å²) in [6.45, 7) is 1.66. The Morgan fingerprint density at radius 2 is 1.57 bits per heavy atom. The molecule has 0 radical (unpaired) electrons. The molecule has 222 valence electrons. The third-order valence-corrected chi connectivity index (χ3v) is 9.97. The fourth-order valence-electron chi connectivity index (χ4n) is 7.98. The number of carbonyl (C=O) groups is 5. The number of fused-ring (bicyclic) bond motifs is 4. The van der Waals surface area contributed by atoms with Gasteiger partial charge in [0.05, 0.1) is 40.1 Å². The number of allylic oxidation sites excluding steroid dienone is 2. The SMILES string of the molecule is CC12C(=O)N(c3ccccc3)C(=O)C1CC1C(=CCC3C(=O)N(c4cccc(C(=O)O)c4)C(=O)C31)C2c1cccc(F)c1O. The molecule has 0 bridgehead atoms. The van der Waals surface area contributed by atoms with Gasteiger partial charge in [0.25, 0.3) is 0 Å². The van der Waals surface area contributed by atoms with Gasteiger partial charge in [-0.15, -0.1) is 0 Å². The minimum Gasteiger partial charge on any atom is -0.505 e. The summed E-state index contributed by atoms with van der Waals surface area (Å²) in [4.78, 5) is 70.0. The highest BCUT2D eigenvalue weighted by Crippen LogP contribution is 2.64. The molecule has 2 N–H and O–H groups in total.